The smallest absolute Gasteiger partial charge is 0.290 e. The van der Waals surface area contributed by atoms with Crippen LogP contribution in [0.5, 0.6) is 5.75 Å². The number of hydrogen-bond donors (Lipinski definition) is 0. The van der Waals surface area contributed by atoms with Gasteiger partial charge in [0.05, 0.1) is 29.0 Å². The molecular weight excluding hydrogens is 414 g/mol. The van der Waals surface area contributed by atoms with Crippen LogP contribution in [0.2, 0.25) is 0 Å². The number of carbonyl (C=O) groups excluding carboxylic acids is 1. The predicted molar refractivity (Wildman–Crippen MR) is 118 cm³/mol. The molecule has 0 spiro atoms. The maximum atomic E-state index is 13.5. The monoisotopic (exact) mass is 437 g/mol. The van der Waals surface area contributed by atoms with Gasteiger partial charge < -0.3 is 19.0 Å². The Morgan fingerprint density at radius 2 is 1.97 bits per heavy atom. The molecule has 32 heavy (non-hydrogen) atoms. The first-order valence-electron chi connectivity index (χ1n) is 10.2. The second kappa shape index (κ2) is 8.43. The largest absolute Gasteiger partial charge is 0.497 e. The highest BCUT2D eigenvalue weighted by Gasteiger charge is 2.42. The van der Waals surface area contributed by atoms with E-state index < -0.39 is 16.9 Å². The van der Waals surface area contributed by atoms with E-state index in [1.807, 2.05) is 19.0 Å². The Kier molecular flexibility index (Phi) is 5.67. The van der Waals surface area contributed by atoms with E-state index >= 15 is 0 Å². The standard InChI is InChI=1S/C23H23N3O6/c1-24(2)10-5-11-25-20(14-6-4-7-15(12-14)26(29)30)19-21(27)17-9-8-16(31-3)13-18(17)32-22(19)23(25)28/h4,6-9,12-13,20H,5,10-11H2,1-3H3/t20-/m0/s1. The Balaban J connectivity index is 1.90. The van der Waals surface area contributed by atoms with Crippen molar-refractivity contribution < 1.29 is 18.9 Å². The van der Waals surface area contributed by atoms with Crippen LogP contribution >= 0.6 is 0 Å². The molecule has 1 aliphatic heterocycles. The van der Waals surface area contributed by atoms with Crippen LogP contribution < -0.4 is 10.2 Å². The molecule has 0 saturated heterocycles. The summed E-state index contributed by atoms with van der Waals surface area (Å²) < 4.78 is 11.1. The molecule has 2 aromatic carbocycles. The van der Waals surface area contributed by atoms with Crippen molar-refractivity contribution in [2.75, 3.05) is 34.3 Å². The molecule has 9 heteroatoms. The van der Waals surface area contributed by atoms with E-state index in [2.05, 4.69) is 0 Å². The van der Waals surface area contributed by atoms with Gasteiger partial charge in [-0.3, -0.25) is 19.7 Å². The molecule has 1 aromatic heterocycles. The molecule has 0 unspecified atom stereocenters. The third-order valence-corrected chi connectivity index (χ3v) is 5.58. The van der Waals surface area contributed by atoms with Crippen LogP contribution in [0.15, 0.2) is 51.7 Å². The minimum absolute atomic E-state index is 0.0305. The summed E-state index contributed by atoms with van der Waals surface area (Å²) in [7, 11) is 5.37. The Morgan fingerprint density at radius 3 is 2.66 bits per heavy atom. The number of benzene rings is 2. The highest BCUT2D eigenvalue weighted by atomic mass is 16.6. The van der Waals surface area contributed by atoms with Crippen molar-refractivity contribution in [1.29, 1.82) is 0 Å². The van der Waals surface area contributed by atoms with Gasteiger partial charge in [-0.25, -0.2) is 0 Å². The first-order valence-corrected chi connectivity index (χ1v) is 10.2. The van der Waals surface area contributed by atoms with Gasteiger partial charge in [0.2, 0.25) is 5.76 Å². The second-order valence-corrected chi connectivity index (χ2v) is 7.95. The summed E-state index contributed by atoms with van der Waals surface area (Å²) in [5.41, 5.74) is 0.527. The predicted octanol–water partition coefficient (Wildman–Crippen LogP) is 3.21. The van der Waals surface area contributed by atoms with Gasteiger partial charge in [-0.1, -0.05) is 12.1 Å². The molecule has 0 N–H and O–H groups in total. The maximum absolute atomic E-state index is 13.5. The number of carbonyl (C=O) groups is 1. The van der Waals surface area contributed by atoms with Crippen molar-refractivity contribution in [3.63, 3.8) is 0 Å². The Labute approximate surface area is 183 Å². The van der Waals surface area contributed by atoms with Crippen molar-refractivity contribution in [2.45, 2.75) is 12.5 Å². The normalized spacial score (nSPS) is 15.4. The lowest BCUT2D eigenvalue weighted by molar-refractivity contribution is -0.384. The summed E-state index contributed by atoms with van der Waals surface area (Å²) in [5.74, 6) is 0.0679. The summed E-state index contributed by atoms with van der Waals surface area (Å²) in [6.45, 7) is 1.11. The van der Waals surface area contributed by atoms with Gasteiger partial charge in [0.15, 0.2) is 5.43 Å². The van der Waals surface area contributed by atoms with E-state index in [1.165, 1.54) is 19.2 Å². The Morgan fingerprint density at radius 1 is 1.19 bits per heavy atom. The SMILES string of the molecule is COc1ccc2c(=O)c3c(oc2c1)C(=O)N(CCCN(C)C)[C@H]3c1cccc([N+](=O)[O-])c1. The number of hydrogen-bond acceptors (Lipinski definition) is 7. The van der Waals surface area contributed by atoms with Crippen molar-refractivity contribution in [3.8, 4) is 5.75 Å². The van der Waals surface area contributed by atoms with Crippen LogP contribution in [0.3, 0.4) is 0 Å². The van der Waals surface area contributed by atoms with Crippen LogP contribution in [-0.4, -0.2) is 54.9 Å². The molecule has 0 fully saturated rings. The van der Waals surface area contributed by atoms with Gasteiger partial charge in [0, 0.05) is 24.7 Å². The summed E-state index contributed by atoms with van der Waals surface area (Å²) >= 11 is 0. The lowest BCUT2D eigenvalue weighted by Crippen LogP contribution is -2.32. The quantitative estimate of drug-likeness (QED) is 0.413. The minimum atomic E-state index is -0.762. The molecule has 166 valence electrons. The number of fused-ring (bicyclic) bond motifs is 2. The summed E-state index contributed by atoms with van der Waals surface area (Å²) in [6.07, 6.45) is 0.666. The molecule has 0 aliphatic carbocycles. The van der Waals surface area contributed by atoms with Crippen molar-refractivity contribution in [3.05, 3.63) is 79.7 Å². The number of amides is 1. The third-order valence-electron chi connectivity index (χ3n) is 5.58. The summed E-state index contributed by atoms with van der Waals surface area (Å²) in [6, 6.07) is 10.1. The molecule has 4 rings (SSSR count). The number of ether oxygens (including phenoxy) is 1. The molecule has 2 heterocycles. The number of methoxy groups -OCH3 is 1. The van der Waals surface area contributed by atoms with E-state index in [4.69, 9.17) is 9.15 Å². The molecule has 3 aromatic rings. The number of rotatable bonds is 7. The lowest BCUT2D eigenvalue weighted by atomic mass is 9.98. The van der Waals surface area contributed by atoms with Crippen LogP contribution in [-0.2, 0) is 0 Å². The molecule has 0 radical (unpaired) electrons. The van der Waals surface area contributed by atoms with E-state index in [9.17, 15) is 19.7 Å². The van der Waals surface area contributed by atoms with E-state index in [1.54, 1.807) is 35.2 Å². The molecule has 1 amide bonds. The fourth-order valence-corrected chi connectivity index (χ4v) is 4.07. The van der Waals surface area contributed by atoms with Crippen molar-refractivity contribution in [2.24, 2.45) is 0 Å². The number of nitro benzene ring substituents is 1. The van der Waals surface area contributed by atoms with E-state index in [0.717, 1.165) is 6.54 Å². The van der Waals surface area contributed by atoms with Gasteiger partial charge in [0.1, 0.15) is 11.3 Å². The second-order valence-electron chi connectivity index (χ2n) is 7.95. The fourth-order valence-electron chi connectivity index (χ4n) is 4.07. The minimum Gasteiger partial charge on any atom is -0.497 e. The van der Waals surface area contributed by atoms with Gasteiger partial charge in [0.25, 0.3) is 11.6 Å². The Hall–Kier alpha value is -3.72. The Bertz CT molecular complexity index is 1270. The number of nitro groups is 1. The van der Waals surface area contributed by atoms with Crippen LogP contribution in [0.4, 0.5) is 5.69 Å². The highest BCUT2D eigenvalue weighted by Crippen LogP contribution is 2.39. The first kappa shape index (κ1) is 21.5. The zero-order chi connectivity index (χ0) is 23.0. The molecule has 9 nitrogen and oxygen atoms in total. The fraction of sp³-hybridized carbons (Fsp3) is 0.304. The zero-order valence-electron chi connectivity index (χ0n) is 18.0. The number of nitrogens with zero attached hydrogens (tertiary/aromatic N) is 3. The average Bonchev–Trinajstić information content (AvgIpc) is 3.05. The van der Waals surface area contributed by atoms with Gasteiger partial charge in [-0.15, -0.1) is 0 Å². The molecule has 1 atom stereocenters. The molecular formula is C23H23N3O6. The number of non-ortho nitro benzene ring substituents is 1. The zero-order valence-corrected chi connectivity index (χ0v) is 18.0. The average molecular weight is 437 g/mol. The van der Waals surface area contributed by atoms with E-state index in [-0.39, 0.29) is 28.0 Å². The lowest BCUT2D eigenvalue weighted by Gasteiger charge is -2.25. The first-order chi connectivity index (χ1) is 15.3. The van der Waals surface area contributed by atoms with Gasteiger partial charge >= 0.3 is 0 Å². The third kappa shape index (κ3) is 3.71. The van der Waals surface area contributed by atoms with E-state index in [0.29, 0.717) is 29.7 Å². The summed E-state index contributed by atoms with van der Waals surface area (Å²) in [4.78, 5) is 41.2. The van der Waals surface area contributed by atoms with Gasteiger partial charge in [-0.05, 0) is 44.8 Å². The van der Waals surface area contributed by atoms with Gasteiger partial charge in [-0.2, -0.15) is 0 Å². The summed E-state index contributed by atoms with van der Waals surface area (Å²) in [5, 5.41) is 11.7. The topological polar surface area (TPSA) is 106 Å². The molecule has 0 bridgehead atoms. The van der Waals surface area contributed by atoms with Crippen molar-refractivity contribution in [1.82, 2.24) is 9.80 Å². The highest BCUT2D eigenvalue weighted by molar-refractivity contribution is 5.99. The van der Waals surface area contributed by atoms with Crippen LogP contribution in [0, 0.1) is 10.1 Å². The van der Waals surface area contributed by atoms with Crippen molar-refractivity contribution >= 4 is 22.6 Å². The molecule has 1 aliphatic rings. The van der Waals surface area contributed by atoms with Crippen LogP contribution in [0.1, 0.15) is 34.1 Å². The molecule has 0 saturated carbocycles. The van der Waals surface area contributed by atoms with Crippen LogP contribution in [0.25, 0.3) is 11.0 Å². The maximum Gasteiger partial charge on any atom is 0.290 e.